The Labute approximate surface area is 224 Å². The Hall–Kier alpha value is -3.55. The summed E-state index contributed by atoms with van der Waals surface area (Å²) in [4.78, 5) is 31.3. The van der Waals surface area contributed by atoms with Crippen LogP contribution in [0.15, 0.2) is 84.9 Å². The largest absolute Gasteiger partial charge is 0.379 e. The van der Waals surface area contributed by atoms with E-state index in [1.165, 1.54) is 12.1 Å². The summed E-state index contributed by atoms with van der Waals surface area (Å²) in [5.74, 6) is -0.628. The molecule has 0 aromatic heterocycles. The number of nitrogens with one attached hydrogen (secondary N) is 1. The molecule has 1 fully saturated rings. The number of morpholine rings is 1. The number of ether oxygens (including phenoxy) is 1. The van der Waals surface area contributed by atoms with Gasteiger partial charge in [0.1, 0.15) is 11.9 Å². The Bertz CT molecular complexity index is 1140. The Balaban J connectivity index is 1.53. The highest BCUT2D eigenvalue weighted by molar-refractivity contribution is 5.88. The molecule has 1 N–H and O–H groups in total. The van der Waals surface area contributed by atoms with Gasteiger partial charge in [0.05, 0.1) is 13.2 Å². The number of benzene rings is 3. The van der Waals surface area contributed by atoms with Gasteiger partial charge in [0, 0.05) is 45.6 Å². The van der Waals surface area contributed by atoms with Crippen molar-refractivity contribution in [3.8, 4) is 0 Å². The summed E-state index contributed by atoms with van der Waals surface area (Å²) < 4.78 is 19.0. The maximum absolute atomic E-state index is 13.7. The van der Waals surface area contributed by atoms with Crippen molar-refractivity contribution >= 4 is 11.8 Å². The van der Waals surface area contributed by atoms with Crippen LogP contribution in [0.2, 0.25) is 0 Å². The summed E-state index contributed by atoms with van der Waals surface area (Å²) in [6.45, 7) is 4.54. The Morgan fingerprint density at radius 3 is 2.16 bits per heavy atom. The molecule has 1 atom stereocenters. The molecule has 1 saturated heterocycles. The molecule has 1 heterocycles. The third kappa shape index (κ3) is 8.50. The van der Waals surface area contributed by atoms with Gasteiger partial charge in [0.2, 0.25) is 11.8 Å². The molecule has 7 heteroatoms. The van der Waals surface area contributed by atoms with E-state index in [1.807, 2.05) is 60.7 Å². The van der Waals surface area contributed by atoms with Gasteiger partial charge in [-0.05, 0) is 35.2 Å². The monoisotopic (exact) mass is 517 g/mol. The molecule has 1 aliphatic heterocycles. The second-order valence-corrected chi connectivity index (χ2v) is 9.58. The van der Waals surface area contributed by atoms with Crippen molar-refractivity contribution in [1.29, 1.82) is 0 Å². The van der Waals surface area contributed by atoms with Gasteiger partial charge in [0.25, 0.3) is 0 Å². The number of nitrogens with zero attached hydrogens (tertiary/aromatic N) is 2. The van der Waals surface area contributed by atoms with Crippen molar-refractivity contribution in [3.63, 3.8) is 0 Å². The van der Waals surface area contributed by atoms with Crippen LogP contribution >= 0.6 is 0 Å². The molecule has 0 radical (unpaired) electrons. The van der Waals surface area contributed by atoms with E-state index in [9.17, 15) is 14.0 Å². The number of aryl methyl sites for hydroxylation is 1. The van der Waals surface area contributed by atoms with Gasteiger partial charge in [-0.1, -0.05) is 72.8 Å². The van der Waals surface area contributed by atoms with E-state index in [2.05, 4.69) is 10.2 Å². The Morgan fingerprint density at radius 1 is 0.868 bits per heavy atom. The second-order valence-electron chi connectivity index (χ2n) is 9.58. The fourth-order valence-electron chi connectivity index (χ4n) is 4.66. The summed E-state index contributed by atoms with van der Waals surface area (Å²) in [6, 6.07) is 25.0. The number of halogens is 1. The van der Waals surface area contributed by atoms with E-state index < -0.39 is 6.04 Å². The molecule has 6 nitrogen and oxygen atoms in total. The fourth-order valence-corrected chi connectivity index (χ4v) is 4.66. The topological polar surface area (TPSA) is 61.9 Å². The lowest BCUT2D eigenvalue weighted by Gasteiger charge is -2.32. The summed E-state index contributed by atoms with van der Waals surface area (Å²) >= 11 is 0. The van der Waals surface area contributed by atoms with Crippen molar-refractivity contribution in [2.75, 3.05) is 39.4 Å². The van der Waals surface area contributed by atoms with E-state index in [4.69, 9.17) is 4.74 Å². The molecule has 2 amide bonds. The van der Waals surface area contributed by atoms with Gasteiger partial charge >= 0.3 is 0 Å². The number of amides is 2. The highest BCUT2D eigenvalue weighted by Gasteiger charge is 2.30. The predicted octanol–water partition coefficient (Wildman–Crippen LogP) is 3.85. The minimum atomic E-state index is -0.699. The quantitative estimate of drug-likeness (QED) is 0.397. The zero-order valence-corrected chi connectivity index (χ0v) is 21.7. The first kappa shape index (κ1) is 27.5. The molecule has 0 aliphatic carbocycles. The van der Waals surface area contributed by atoms with E-state index >= 15 is 0 Å². The van der Waals surface area contributed by atoms with Gasteiger partial charge in [-0.3, -0.25) is 14.5 Å². The molecule has 1 unspecified atom stereocenters. The first-order chi connectivity index (χ1) is 18.6. The normalized spacial score (nSPS) is 14.6. The number of carbonyl (C=O) groups is 2. The Morgan fingerprint density at radius 2 is 1.50 bits per heavy atom. The second kappa shape index (κ2) is 14.4. The van der Waals surface area contributed by atoms with E-state index in [0.717, 1.165) is 36.3 Å². The standard InChI is InChI=1S/C31H36FN3O3/c32-28-14-11-27(12-15-28)24-35(30(36)16-13-25-7-3-1-4-8-25)29(23-26-9-5-2-6-10-26)31(37)33-17-18-34-19-21-38-22-20-34/h1-12,14-15,29H,13,16-24H2,(H,33,37). The van der Waals surface area contributed by atoms with Crippen molar-refractivity contribution < 1.29 is 18.7 Å². The van der Waals surface area contributed by atoms with Crippen LogP contribution in [-0.4, -0.2) is 67.0 Å². The van der Waals surface area contributed by atoms with Crippen LogP contribution in [0, 0.1) is 5.82 Å². The van der Waals surface area contributed by atoms with Crippen LogP contribution in [-0.2, 0) is 33.7 Å². The van der Waals surface area contributed by atoms with Gasteiger partial charge in [-0.15, -0.1) is 0 Å². The minimum absolute atomic E-state index is 0.109. The molecule has 38 heavy (non-hydrogen) atoms. The number of hydrogen-bond donors (Lipinski definition) is 1. The highest BCUT2D eigenvalue weighted by atomic mass is 19.1. The van der Waals surface area contributed by atoms with Crippen LogP contribution in [0.3, 0.4) is 0 Å². The maximum Gasteiger partial charge on any atom is 0.243 e. The molecule has 200 valence electrons. The summed E-state index contributed by atoms with van der Waals surface area (Å²) in [6.07, 6.45) is 1.25. The predicted molar refractivity (Wildman–Crippen MR) is 146 cm³/mol. The van der Waals surface area contributed by atoms with Crippen LogP contribution in [0.5, 0.6) is 0 Å². The van der Waals surface area contributed by atoms with Gasteiger partial charge < -0.3 is 15.0 Å². The molecule has 0 bridgehead atoms. The summed E-state index contributed by atoms with van der Waals surface area (Å²) in [5.41, 5.74) is 2.82. The zero-order valence-electron chi connectivity index (χ0n) is 21.7. The molecular weight excluding hydrogens is 481 g/mol. The lowest BCUT2D eigenvalue weighted by atomic mass is 10.0. The van der Waals surface area contributed by atoms with Gasteiger partial charge in [0.15, 0.2) is 0 Å². The number of carbonyl (C=O) groups excluding carboxylic acids is 2. The molecular formula is C31H36FN3O3. The molecule has 3 aromatic rings. The maximum atomic E-state index is 13.7. The molecule has 0 spiro atoms. The fraction of sp³-hybridized carbons (Fsp3) is 0.355. The Kier molecular flexibility index (Phi) is 10.4. The average molecular weight is 518 g/mol. The van der Waals surface area contributed by atoms with E-state index in [1.54, 1.807) is 17.0 Å². The van der Waals surface area contributed by atoms with Crippen LogP contribution in [0.25, 0.3) is 0 Å². The lowest BCUT2D eigenvalue weighted by molar-refractivity contribution is -0.141. The average Bonchev–Trinajstić information content (AvgIpc) is 2.96. The lowest BCUT2D eigenvalue weighted by Crippen LogP contribution is -2.52. The van der Waals surface area contributed by atoms with Crippen molar-refractivity contribution in [3.05, 3.63) is 107 Å². The molecule has 3 aromatic carbocycles. The SMILES string of the molecule is O=C(NCCN1CCOCC1)C(Cc1ccccc1)N(Cc1ccc(F)cc1)C(=O)CCc1ccccc1. The summed E-state index contributed by atoms with van der Waals surface area (Å²) in [7, 11) is 0. The third-order valence-electron chi connectivity index (χ3n) is 6.84. The number of hydrogen-bond acceptors (Lipinski definition) is 4. The van der Waals surface area contributed by atoms with Crippen LogP contribution in [0.1, 0.15) is 23.1 Å². The van der Waals surface area contributed by atoms with Crippen LogP contribution in [0.4, 0.5) is 4.39 Å². The minimum Gasteiger partial charge on any atom is -0.379 e. The van der Waals surface area contributed by atoms with E-state index in [0.29, 0.717) is 32.6 Å². The molecule has 0 saturated carbocycles. The van der Waals surface area contributed by atoms with Crippen molar-refractivity contribution in [1.82, 2.24) is 15.1 Å². The van der Waals surface area contributed by atoms with Gasteiger partial charge in [-0.25, -0.2) is 4.39 Å². The van der Waals surface area contributed by atoms with E-state index in [-0.39, 0.29) is 30.6 Å². The zero-order chi connectivity index (χ0) is 26.6. The van der Waals surface area contributed by atoms with Crippen LogP contribution < -0.4 is 5.32 Å². The van der Waals surface area contributed by atoms with Crippen molar-refractivity contribution in [2.45, 2.75) is 31.8 Å². The first-order valence-corrected chi connectivity index (χ1v) is 13.3. The molecule has 4 rings (SSSR count). The summed E-state index contributed by atoms with van der Waals surface area (Å²) in [5, 5.41) is 3.08. The smallest absolute Gasteiger partial charge is 0.243 e. The first-order valence-electron chi connectivity index (χ1n) is 13.3. The van der Waals surface area contributed by atoms with Crippen molar-refractivity contribution in [2.24, 2.45) is 0 Å². The highest BCUT2D eigenvalue weighted by Crippen LogP contribution is 2.17. The third-order valence-corrected chi connectivity index (χ3v) is 6.84. The molecule has 1 aliphatic rings. The number of rotatable bonds is 12. The van der Waals surface area contributed by atoms with Gasteiger partial charge in [-0.2, -0.15) is 0 Å².